The van der Waals surface area contributed by atoms with Crippen LogP contribution in [0.25, 0.3) is 10.1 Å². The molecule has 0 amide bonds. The highest BCUT2D eigenvalue weighted by Crippen LogP contribution is 2.40. The maximum absolute atomic E-state index is 9.53. The van der Waals surface area contributed by atoms with Gasteiger partial charge in [0.2, 0.25) is 0 Å². The Morgan fingerprint density at radius 2 is 2.23 bits per heavy atom. The molecule has 0 unspecified atom stereocenters. The van der Waals surface area contributed by atoms with Crippen molar-refractivity contribution in [1.82, 2.24) is 0 Å². The third-order valence-corrected chi connectivity index (χ3v) is 3.84. The molecule has 13 heavy (non-hydrogen) atoms. The first-order valence-corrected chi connectivity index (χ1v) is 5.28. The summed E-state index contributed by atoms with van der Waals surface area (Å²) >= 11 is 4.93. The third kappa shape index (κ3) is 1.40. The normalized spacial score (nSPS) is 10.6. The number of hydrogen-bond donors (Lipinski definition) is 1. The maximum Gasteiger partial charge on any atom is 0.174 e. The lowest BCUT2D eigenvalue weighted by Gasteiger charge is -1.95. The van der Waals surface area contributed by atoms with Crippen molar-refractivity contribution in [3.63, 3.8) is 0 Å². The highest BCUT2D eigenvalue weighted by Gasteiger charge is 2.08. The van der Waals surface area contributed by atoms with Crippen molar-refractivity contribution >= 4 is 37.4 Å². The molecule has 0 aliphatic rings. The zero-order chi connectivity index (χ0) is 9.42. The molecule has 0 atom stereocenters. The summed E-state index contributed by atoms with van der Waals surface area (Å²) in [7, 11) is 1.62. The average Bonchev–Trinajstić information content (AvgIpc) is 2.56. The number of halogens is 1. The van der Waals surface area contributed by atoms with E-state index in [-0.39, 0.29) is 5.75 Å². The minimum atomic E-state index is 0.290. The van der Waals surface area contributed by atoms with Gasteiger partial charge in [0, 0.05) is 15.9 Å². The second kappa shape index (κ2) is 3.20. The monoisotopic (exact) mass is 258 g/mol. The number of methoxy groups -OCH3 is 1. The first-order valence-electron chi connectivity index (χ1n) is 3.67. The van der Waals surface area contributed by atoms with Crippen LogP contribution in [0.3, 0.4) is 0 Å². The van der Waals surface area contributed by atoms with Gasteiger partial charge in [-0.2, -0.15) is 0 Å². The van der Waals surface area contributed by atoms with Crippen LogP contribution in [0.2, 0.25) is 0 Å². The van der Waals surface area contributed by atoms with Gasteiger partial charge in [0.25, 0.3) is 0 Å². The molecule has 0 radical (unpaired) electrons. The number of thiophene rings is 1. The number of fused-ring (bicyclic) bond motifs is 1. The molecule has 0 fully saturated rings. The largest absolute Gasteiger partial charge is 0.507 e. The fraction of sp³-hybridized carbons (Fsp3) is 0.111. The quantitative estimate of drug-likeness (QED) is 0.850. The number of rotatable bonds is 1. The van der Waals surface area contributed by atoms with Gasteiger partial charge in [-0.1, -0.05) is 11.3 Å². The second-order valence-corrected chi connectivity index (χ2v) is 4.45. The van der Waals surface area contributed by atoms with E-state index in [4.69, 9.17) is 4.74 Å². The number of ether oxygens (including phenoxy) is 1. The molecule has 1 aromatic heterocycles. The Kier molecular flexibility index (Phi) is 2.17. The van der Waals surface area contributed by atoms with Crippen LogP contribution in [-0.4, -0.2) is 12.2 Å². The molecule has 0 saturated carbocycles. The van der Waals surface area contributed by atoms with Crippen molar-refractivity contribution in [2.45, 2.75) is 0 Å². The van der Waals surface area contributed by atoms with Crippen molar-refractivity contribution < 1.29 is 9.84 Å². The van der Waals surface area contributed by atoms with Crippen LogP contribution in [0.5, 0.6) is 10.8 Å². The van der Waals surface area contributed by atoms with E-state index in [1.807, 2.05) is 12.1 Å². The molecule has 1 heterocycles. The lowest BCUT2D eigenvalue weighted by molar-refractivity contribution is 0.427. The second-order valence-electron chi connectivity index (χ2n) is 2.58. The van der Waals surface area contributed by atoms with Crippen LogP contribution >= 0.6 is 27.3 Å². The van der Waals surface area contributed by atoms with E-state index in [1.54, 1.807) is 13.2 Å². The molecule has 0 aliphatic carbocycles. The standard InChI is InChI=1S/C9H7BrO2S/c1-12-8-4-5-7(11)3-2-6(10)9(5)13-8/h2-4,11H,1H3. The van der Waals surface area contributed by atoms with Crippen LogP contribution in [0.15, 0.2) is 22.7 Å². The van der Waals surface area contributed by atoms with Gasteiger partial charge in [0.15, 0.2) is 5.06 Å². The predicted octanol–water partition coefficient (Wildman–Crippen LogP) is 3.38. The van der Waals surface area contributed by atoms with Gasteiger partial charge >= 0.3 is 0 Å². The van der Waals surface area contributed by atoms with Crippen molar-refractivity contribution in [1.29, 1.82) is 0 Å². The molecule has 68 valence electrons. The first kappa shape index (κ1) is 8.84. The summed E-state index contributed by atoms with van der Waals surface area (Å²) < 4.78 is 7.09. The van der Waals surface area contributed by atoms with Gasteiger partial charge in [-0.25, -0.2) is 0 Å². The molecule has 0 aliphatic heterocycles. The van der Waals surface area contributed by atoms with Crippen LogP contribution in [-0.2, 0) is 0 Å². The number of phenols is 1. The molecule has 0 saturated heterocycles. The third-order valence-electron chi connectivity index (χ3n) is 1.79. The molecule has 1 N–H and O–H groups in total. The molecule has 2 aromatic rings. The van der Waals surface area contributed by atoms with Crippen LogP contribution in [0.4, 0.5) is 0 Å². The Morgan fingerprint density at radius 3 is 2.85 bits per heavy atom. The van der Waals surface area contributed by atoms with Crippen molar-refractivity contribution in [2.75, 3.05) is 7.11 Å². The molecular weight excluding hydrogens is 252 g/mol. The molecular formula is C9H7BrO2S. The summed E-state index contributed by atoms with van der Waals surface area (Å²) in [4.78, 5) is 0. The minimum Gasteiger partial charge on any atom is -0.507 e. The summed E-state index contributed by atoms with van der Waals surface area (Å²) in [5.74, 6) is 0.290. The van der Waals surface area contributed by atoms with Gasteiger partial charge in [0.1, 0.15) is 5.75 Å². The van der Waals surface area contributed by atoms with Gasteiger partial charge < -0.3 is 9.84 Å². The molecule has 0 bridgehead atoms. The van der Waals surface area contributed by atoms with Crippen LogP contribution < -0.4 is 4.74 Å². The molecule has 2 nitrogen and oxygen atoms in total. The molecule has 4 heteroatoms. The minimum absolute atomic E-state index is 0.290. The lowest BCUT2D eigenvalue weighted by atomic mass is 10.2. The molecule has 0 spiro atoms. The van der Waals surface area contributed by atoms with E-state index in [1.165, 1.54) is 11.3 Å². The number of hydrogen-bond acceptors (Lipinski definition) is 3. The summed E-state index contributed by atoms with van der Waals surface area (Å²) in [6.45, 7) is 0. The SMILES string of the molecule is COc1cc2c(O)ccc(Br)c2s1. The summed E-state index contributed by atoms with van der Waals surface area (Å²) in [5.41, 5.74) is 0. The Hall–Kier alpha value is -0.740. The topological polar surface area (TPSA) is 29.5 Å². The van der Waals surface area contributed by atoms with Gasteiger partial charge in [-0.3, -0.25) is 0 Å². The van der Waals surface area contributed by atoms with E-state index >= 15 is 0 Å². The average molecular weight is 259 g/mol. The van der Waals surface area contributed by atoms with E-state index < -0.39 is 0 Å². The van der Waals surface area contributed by atoms with Crippen molar-refractivity contribution in [3.05, 3.63) is 22.7 Å². The Labute approximate surface area is 87.9 Å². The summed E-state index contributed by atoms with van der Waals surface area (Å²) in [6, 6.07) is 5.33. The van der Waals surface area contributed by atoms with Gasteiger partial charge in [-0.05, 0) is 28.1 Å². The summed E-state index contributed by atoms with van der Waals surface area (Å²) in [6.07, 6.45) is 0. The van der Waals surface area contributed by atoms with Gasteiger partial charge in [0.05, 0.1) is 11.8 Å². The highest BCUT2D eigenvalue weighted by atomic mass is 79.9. The van der Waals surface area contributed by atoms with Crippen molar-refractivity contribution in [2.24, 2.45) is 0 Å². The smallest absolute Gasteiger partial charge is 0.174 e. The zero-order valence-corrected chi connectivity index (χ0v) is 9.28. The van der Waals surface area contributed by atoms with E-state index in [2.05, 4.69) is 15.9 Å². The first-order chi connectivity index (χ1) is 6.22. The molecule has 1 aromatic carbocycles. The van der Waals surface area contributed by atoms with Crippen LogP contribution in [0, 0.1) is 0 Å². The van der Waals surface area contributed by atoms with E-state index in [0.29, 0.717) is 0 Å². The number of aromatic hydroxyl groups is 1. The van der Waals surface area contributed by atoms with E-state index in [0.717, 1.165) is 19.6 Å². The summed E-state index contributed by atoms with van der Waals surface area (Å²) in [5, 5.41) is 11.2. The maximum atomic E-state index is 9.53. The Morgan fingerprint density at radius 1 is 1.46 bits per heavy atom. The Balaban J connectivity index is 2.80. The number of benzene rings is 1. The lowest BCUT2D eigenvalue weighted by Crippen LogP contribution is -1.73. The van der Waals surface area contributed by atoms with Gasteiger partial charge in [-0.15, -0.1) is 0 Å². The zero-order valence-electron chi connectivity index (χ0n) is 6.87. The predicted molar refractivity (Wildman–Crippen MR) is 57.7 cm³/mol. The van der Waals surface area contributed by atoms with Crippen molar-refractivity contribution in [3.8, 4) is 10.8 Å². The molecule has 2 rings (SSSR count). The van der Waals surface area contributed by atoms with E-state index in [9.17, 15) is 5.11 Å². The fourth-order valence-corrected chi connectivity index (χ4v) is 2.64. The van der Waals surface area contributed by atoms with Crippen LogP contribution in [0.1, 0.15) is 0 Å². The Bertz CT molecular complexity index is 411. The fourth-order valence-electron chi connectivity index (χ4n) is 1.15. The highest BCUT2D eigenvalue weighted by molar-refractivity contribution is 9.10. The number of phenolic OH excluding ortho intramolecular Hbond substituents is 1.